The summed E-state index contributed by atoms with van der Waals surface area (Å²) < 4.78 is 10.7. The molecule has 1 amide bonds. The summed E-state index contributed by atoms with van der Waals surface area (Å²) in [5.74, 6) is 1.44. The SMILES string of the molecule is CCOc1ccc([C@H]2NC(=O)c3[nH]nc(-c4ccc(OC)cc4)c32)cc1. The fraction of sp³-hybridized carbons (Fsp3) is 0.200. The summed E-state index contributed by atoms with van der Waals surface area (Å²) in [5.41, 5.74) is 4.05. The second-order valence-corrected chi connectivity index (χ2v) is 6.00. The van der Waals surface area contributed by atoms with Crippen LogP contribution in [0.15, 0.2) is 48.5 Å². The molecule has 0 saturated heterocycles. The molecule has 2 heterocycles. The molecule has 2 N–H and O–H groups in total. The predicted molar refractivity (Wildman–Crippen MR) is 97.5 cm³/mol. The van der Waals surface area contributed by atoms with Crippen LogP contribution in [-0.2, 0) is 0 Å². The van der Waals surface area contributed by atoms with Gasteiger partial charge in [0.05, 0.1) is 25.5 Å². The maximum atomic E-state index is 12.3. The first kappa shape index (κ1) is 16.2. The first-order valence-corrected chi connectivity index (χ1v) is 8.47. The summed E-state index contributed by atoms with van der Waals surface area (Å²) in [6.07, 6.45) is 0. The van der Waals surface area contributed by atoms with Crippen LogP contribution in [0.3, 0.4) is 0 Å². The number of hydrogen-bond donors (Lipinski definition) is 2. The van der Waals surface area contributed by atoms with Crippen molar-refractivity contribution < 1.29 is 14.3 Å². The summed E-state index contributed by atoms with van der Waals surface area (Å²) in [4.78, 5) is 12.3. The van der Waals surface area contributed by atoms with Crippen molar-refractivity contribution in [1.29, 1.82) is 0 Å². The van der Waals surface area contributed by atoms with Gasteiger partial charge in [0.15, 0.2) is 0 Å². The van der Waals surface area contributed by atoms with Crippen molar-refractivity contribution in [2.45, 2.75) is 13.0 Å². The molecule has 0 radical (unpaired) electrons. The molecule has 6 nitrogen and oxygen atoms in total. The number of H-pyrrole nitrogens is 1. The quantitative estimate of drug-likeness (QED) is 0.741. The number of aromatic amines is 1. The van der Waals surface area contributed by atoms with E-state index in [0.29, 0.717) is 12.3 Å². The van der Waals surface area contributed by atoms with Gasteiger partial charge in [-0.05, 0) is 48.9 Å². The Bertz CT molecular complexity index is 930. The maximum absolute atomic E-state index is 12.3. The number of carbonyl (C=O) groups excluding carboxylic acids is 1. The molecule has 0 saturated carbocycles. The van der Waals surface area contributed by atoms with Gasteiger partial charge in [-0.3, -0.25) is 9.89 Å². The average molecular weight is 349 g/mol. The van der Waals surface area contributed by atoms with E-state index in [-0.39, 0.29) is 11.9 Å². The molecule has 1 aliphatic heterocycles. The Morgan fingerprint density at radius 3 is 2.38 bits per heavy atom. The third-order valence-corrected chi connectivity index (χ3v) is 4.48. The van der Waals surface area contributed by atoms with Crippen molar-refractivity contribution in [2.75, 3.05) is 13.7 Å². The summed E-state index contributed by atoms with van der Waals surface area (Å²) >= 11 is 0. The Hall–Kier alpha value is -3.28. The van der Waals surface area contributed by atoms with Gasteiger partial charge in [-0.15, -0.1) is 0 Å². The molecule has 132 valence electrons. The molecule has 1 atom stereocenters. The Balaban J connectivity index is 1.73. The number of nitrogens with zero attached hydrogens (tertiary/aromatic N) is 1. The number of benzene rings is 2. The van der Waals surface area contributed by atoms with Gasteiger partial charge in [-0.25, -0.2) is 0 Å². The first-order chi connectivity index (χ1) is 12.7. The van der Waals surface area contributed by atoms with Crippen LogP contribution in [-0.4, -0.2) is 29.8 Å². The van der Waals surface area contributed by atoms with Crippen LogP contribution in [0, 0.1) is 0 Å². The van der Waals surface area contributed by atoms with E-state index in [2.05, 4.69) is 15.5 Å². The molecule has 0 spiro atoms. The summed E-state index contributed by atoms with van der Waals surface area (Å²) in [6, 6.07) is 15.2. The number of hydrogen-bond acceptors (Lipinski definition) is 4. The van der Waals surface area contributed by atoms with E-state index in [9.17, 15) is 4.79 Å². The number of rotatable bonds is 5. The van der Waals surface area contributed by atoms with Crippen molar-refractivity contribution in [2.24, 2.45) is 0 Å². The third kappa shape index (κ3) is 2.69. The molecular weight excluding hydrogens is 330 g/mol. The average Bonchev–Trinajstić information content (AvgIpc) is 3.24. The molecule has 3 aromatic rings. The molecule has 0 fully saturated rings. The standard InChI is InChI=1S/C20H19N3O3/c1-3-26-15-10-6-12(7-11-15)17-16-18(22-23-19(16)20(24)21-17)13-4-8-14(25-2)9-5-13/h4-11,17H,3H2,1-2H3,(H,21,24)(H,22,23)/t17-/m1/s1. The van der Waals surface area contributed by atoms with Gasteiger partial charge in [0.2, 0.25) is 0 Å². The lowest BCUT2D eigenvalue weighted by molar-refractivity contribution is 0.0955. The second-order valence-electron chi connectivity index (χ2n) is 6.00. The molecule has 4 rings (SSSR count). The number of ether oxygens (including phenoxy) is 2. The van der Waals surface area contributed by atoms with Gasteiger partial charge in [0.25, 0.3) is 5.91 Å². The molecule has 0 aliphatic carbocycles. The molecule has 26 heavy (non-hydrogen) atoms. The van der Waals surface area contributed by atoms with Gasteiger partial charge in [0.1, 0.15) is 17.2 Å². The predicted octanol–water partition coefficient (Wildman–Crippen LogP) is 3.32. The first-order valence-electron chi connectivity index (χ1n) is 8.47. The fourth-order valence-corrected chi connectivity index (χ4v) is 3.22. The van der Waals surface area contributed by atoms with Gasteiger partial charge in [0, 0.05) is 11.1 Å². The minimum absolute atomic E-state index is 0.147. The lowest BCUT2D eigenvalue weighted by atomic mass is 9.96. The Kier molecular flexibility index (Phi) is 4.08. The number of fused-ring (bicyclic) bond motifs is 1. The number of nitrogens with one attached hydrogen (secondary N) is 2. The molecule has 6 heteroatoms. The maximum Gasteiger partial charge on any atom is 0.270 e. The van der Waals surface area contributed by atoms with Crippen LogP contribution in [0.2, 0.25) is 0 Å². The smallest absolute Gasteiger partial charge is 0.270 e. The van der Waals surface area contributed by atoms with Crippen LogP contribution in [0.5, 0.6) is 11.5 Å². The van der Waals surface area contributed by atoms with E-state index in [4.69, 9.17) is 9.47 Å². The Labute approximate surface area is 151 Å². The highest BCUT2D eigenvalue weighted by molar-refractivity contribution is 6.00. The van der Waals surface area contributed by atoms with Gasteiger partial charge in [-0.1, -0.05) is 12.1 Å². The van der Waals surface area contributed by atoms with Crippen LogP contribution in [0.1, 0.15) is 34.6 Å². The van der Waals surface area contributed by atoms with Crippen molar-refractivity contribution in [3.63, 3.8) is 0 Å². The summed E-state index contributed by atoms with van der Waals surface area (Å²) in [6.45, 7) is 2.57. The van der Waals surface area contributed by atoms with E-state index in [1.54, 1.807) is 7.11 Å². The van der Waals surface area contributed by atoms with Crippen LogP contribution < -0.4 is 14.8 Å². The number of methoxy groups -OCH3 is 1. The highest BCUT2D eigenvalue weighted by Gasteiger charge is 2.35. The van der Waals surface area contributed by atoms with E-state index >= 15 is 0 Å². The van der Waals surface area contributed by atoms with E-state index in [1.165, 1.54) is 0 Å². The molecule has 0 unspecified atom stereocenters. The normalized spacial score (nSPS) is 15.5. The zero-order chi connectivity index (χ0) is 18.1. The molecular formula is C20H19N3O3. The minimum atomic E-state index is -0.246. The molecule has 2 aromatic carbocycles. The van der Waals surface area contributed by atoms with E-state index in [1.807, 2.05) is 55.5 Å². The topological polar surface area (TPSA) is 76.2 Å². The molecule has 1 aliphatic rings. The highest BCUT2D eigenvalue weighted by atomic mass is 16.5. The van der Waals surface area contributed by atoms with E-state index < -0.39 is 0 Å². The number of carbonyl (C=O) groups is 1. The summed E-state index contributed by atoms with van der Waals surface area (Å²) in [7, 11) is 1.63. The third-order valence-electron chi connectivity index (χ3n) is 4.48. The number of amides is 1. The Morgan fingerprint density at radius 2 is 1.73 bits per heavy atom. The zero-order valence-electron chi connectivity index (χ0n) is 14.6. The fourth-order valence-electron chi connectivity index (χ4n) is 3.22. The highest BCUT2D eigenvalue weighted by Crippen LogP contribution is 2.37. The van der Waals surface area contributed by atoms with Crippen LogP contribution in [0.4, 0.5) is 0 Å². The number of aromatic nitrogens is 2. The lowest BCUT2D eigenvalue weighted by Crippen LogP contribution is -2.21. The minimum Gasteiger partial charge on any atom is -0.497 e. The van der Waals surface area contributed by atoms with E-state index in [0.717, 1.165) is 33.9 Å². The molecule has 0 bridgehead atoms. The monoisotopic (exact) mass is 349 g/mol. The van der Waals surface area contributed by atoms with Gasteiger partial charge in [-0.2, -0.15) is 5.10 Å². The van der Waals surface area contributed by atoms with Crippen molar-refractivity contribution in [1.82, 2.24) is 15.5 Å². The van der Waals surface area contributed by atoms with Crippen LogP contribution >= 0.6 is 0 Å². The largest absolute Gasteiger partial charge is 0.497 e. The van der Waals surface area contributed by atoms with Crippen LogP contribution in [0.25, 0.3) is 11.3 Å². The van der Waals surface area contributed by atoms with Gasteiger partial charge < -0.3 is 14.8 Å². The van der Waals surface area contributed by atoms with Crippen molar-refractivity contribution in [3.05, 3.63) is 65.4 Å². The van der Waals surface area contributed by atoms with Gasteiger partial charge >= 0.3 is 0 Å². The second kappa shape index (κ2) is 6.55. The lowest BCUT2D eigenvalue weighted by Gasteiger charge is -2.14. The Morgan fingerprint density at radius 1 is 1.04 bits per heavy atom. The zero-order valence-corrected chi connectivity index (χ0v) is 14.6. The van der Waals surface area contributed by atoms with Crippen molar-refractivity contribution >= 4 is 5.91 Å². The molecule has 1 aromatic heterocycles. The summed E-state index contributed by atoms with van der Waals surface area (Å²) in [5, 5.41) is 10.3. The van der Waals surface area contributed by atoms with Crippen molar-refractivity contribution in [3.8, 4) is 22.8 Å².